The number of halogens is 1. The summed E-state index contributed by atoms with van der Waals surface area (Å²) in [5, 5.41) is 5.11. The Morgan fingerprint density at radius 2 is 1.83 bits per heavy atom. The van der Waals surface area contributed by atoms with E-state index in [1.54, 1.807) is 19.1 Å². The minimum Gasteiger partial charge on any atom is -0.481 e. The summed E-state index contributed by atoms with van der Waals surface area (Å²) in [7, 11) is 0. The fourth-order valence-electron chi connectivity index (χ4n) is 2.57. The summed E-state index contributed by atoms with van der Waals surface area (Å²) >= 11 is 0. The van der Waals surface area contributed by atoms with Crippen LogP contribution in [0.5, 0.6) is 5.75 Å². The van der Waals surface area contributed by atoms with Crippen molar-refractivity contribution in [3.8, 4) is 5.75 Å². The van der Waals surface area contributed by atoms with Gasteiger partial charge in [-0.1, -0.05) is 48.5 Å². The highest BCUT2D eigenvalue weighted by Gasteiger charge is 2.15. The number of fused-ring (bicyclic) bond motifs is 1. The SMILES string of the molecule is CC(Oc1cccc(F)c1)C(=O)NCc1cccc2ccccc12. The molecule has 24 heavy (non-hydrogen) atoms. The summed E-state index contributed by atoms with van der Waals surface area (Å²) in [4.78, 5) is 12.2. The van der Waals surface area contributed by atoms with Crippen molar-refractivity contribution < 1.29 is 13.9 Å². The lowest BCUT2D eigenvalue weighted by molar-refractivity contribution is -0.127. The van der Waals surface area contributed by atoms with Crippen molar-refractivity contribution in [2.75, 3.05) is 0 Å². The lowest BCUT2D eigenvalue weighted by Gasteiger charge is -2.15. The maximum Gasteiger partial charge on any atom is 0.261 e. The van der Waals surface area contributed by atoms with Crippen molar-refractivity contribution in [1.29, 1.82) is 0 Å². The maximum atomic E-state index is 13.2. The molecule has 1 unspecified atom stereocenters. The lowest BCUT2D eigenvalue weighted by atomic mass is 10.0. The molecular formula is C20H18FNO2. The highest BCUT2D eigenvalue weighted by molar-refractivity contribution is 5.86. The van der Waals surface area contributed by atoms with Crippen molar-refractivity contribution in [2.24, 2.45) is 0 Å². The molecule has 0 saturated carbocycles. The zero-order chi connectivity index (χ0) is 16.9. The summed E-state index contributed by atoms with van der Waals surface area (Å²) in [6.07, 6.45) is -0.707. The first kappa shape index (κ1) is 16.0. The molecular weight excluding hydrogens is 305 g/mol. The number of amides is 1. The van der Waals surface area contributed by atoms with Crippen molar-refractivity contribution in [3.63, 3.8) is 0 Å². The summed E-state index contributed by atoms with van der Waals surface area (Å²) in [6, 6.07) is 19.8. The number of rotatable bonds is 5. The van der Waals surface area contributed by atoms with E-state index in [2.05, 4.69) is 5.32 Å². The molecule has 3 nitrogen and oxygen atoms in total. The Morgan fingerprint density at radius 3 is 2.67 bits per heavy atom. The molecule has 122 valence electrons. The van der Waals surface area contributed by atoms with Crippen LogP contribution >= 0.6 is 0 Å². The Labute approximate surface area is 140 Å². The lowest BCUT2D eigenvalue weighted by Crippen LogP contribution is -2.35. The van der Waals surface area contributed by atoms with Crippen LogP contribution in [-0.4, -0.2) is 12.0 Å². The Hall–Kier alpha value is -2.88. The van der Waals surface area contributed by atoms with Gasteiger partial charge in [0.15, 0.2) is 6.10 Å². The average molecular weight is 323 g/mol. The molecule has 0 aliphatic rings. The fourth-order valence-corrected chi connectivity index (χ4v) is 2.57. The molecule has 3 rings (SSSR count). The van der Waals surface area contributed by atoms with Gasteiger partial charge in [-0.25, -0.2) is 4.39 Å². The number of carbonyl (C=O) groups is 1. The van der Waals surface area contributed by atoms with E-state index < -0.39 is 11.9 Å². The van der Waals surface area contributed by atoms with Crippen molar-refractivity contribution in [3.05, 3.63) is 78.1 Å². The van der Waals surface area contributed by atoms with E-state index >= 15 is 0 Å². The third-order valence-corrected chi connectivity index (χ3v) is 3.81. The third-order valence-electron chi connectivity index (χ3n) is 3.81. The van der Waals surface area contributed by atoms with Crippen LogP contribution in [0.3, 0.4) is 0 Å². The van der Waals surface area contributed by atoms with Crippen molar-refractivity contribution in [1.82, 2.24) is 5.32 Å². The van der Waals surface area contributed by atoms with Crippen LogP contribution in [-0.2, 0) is 11.3 Å². The molecule has 0 bridgehead atoms. The van der Waals surface area contributed by atoms with Crippen LogP contribution in [0, 0.1) is 5.82 Å². The van der Waals surface area contributed by atoms with E-state index in [9.17, 15) is 9.18 Å². The third kappa shape index (κ3) is 3.71. The van der Waals surface area contributed by atoms with Gasteiger partial charge in [0.05, 0.1) is 0 Å². The van der Waals surface area contributed by atoms with E-state index in [1.165, 1.54) is 12.1 Å². The molecule has 0 aliphatic carbocycles. The van der Waals surface area contributed by atoms with Gasteiger partial charge in [0.25, 0.3) is 5.91 Å². The smallest absolute Gasteiger partial charge is 0.261 e. The van der Waals surface area contributed by atoms with Crippen LogP contribution in [0.15, 0.2) is 66.7 Å². The molecule has 1 atom stereocenters. The van der Waals surface area contributed by atoms with E-state index in [1.807, 2.05) is 42.5 Å². The molecule has 0 spiro atoms. The number of hydrogen-bond acceptors (Lipinski definition) is 2. The first-order valence-electron chi connectivity index (χ1n) is 7.80. The Balaban J connectivity index is 1.64. The standard InChI is InChI=1S/C20H18FNO2/c1-14(24-18-10-5-9-17(21)12-18)20(23)22-13-16-8-4-7-15-6-2-3-11-19(15)16/h2-12,14H,13H2,1H3,(H,22,23). The van der Waals surface area contributed by atoms with Gasteiger partial charge >= 0.3 is 0 Å². The quantitative estimate of drug-likeness (QED) is 0.769. The number of hydrogen-bond donors (Lipinski definition) is 1. The van der Waals surface area contributed by atoms with Crippen LogP contribution in [0.2, 0.25) is 0 Å². The van der Waals surface area contributed by atoms with Crippen molar-refractivity contribution >= 4 is 16.7 Å². The highest BCUT2D eigenvalue weighted by atomic mass is 19.1. The molecule has 0 fully saturated rings. The predicted octanol–water partition coefficient (Wildman–Crippen LogP) is 4.06. The maximum absolute atomic E-state index is 13.2. The molecule has 4 heteroatoms. The van der Waals surface area contributed by atoms with E-state index in [-0.39, 0.29) is 5.91 Å². The largest absolute Gasteiger partial charge is 0.481 e. The fraction of sp³-hybridized carbons (Fsp3) is 0.150. The monoisotopic (exact) mass is 323 g/mol. The van der Waals surface area contributed by atoms with Crippen LogP contribution in [0.25, 0.3) is 10.8 Å². The molecule has 1 N–H and O–H groups in total. The van der Waals surface area contributed by atoms with Gasteiger partial charge < -0.3 is 10.1 Å². The molecule has 0 aromatic heterocycles. The molecule has 0 radical (unpaired) electrons. The molecule has 0 saturated heterocycles. The number of ether oxygens (including phenoxy) is 1. The summed E-state index contributed by atoms with van der Waals surface area (Å²) in [6.45, 7) is 2.06. The second kappa shape index (κ2) is 7.13. The van der Waals surface area contributed by atoms with Crippen LogP contribution in [0.1, 0.15) is 12.5 Å². The second-order valence-electron chi connectivity index (χ2n) is 5.57. The minimum absolute atomic E-state index is 0.243. The van der Waals surface area contributed by atoms with Gasteiger partial charge in [0, 0.05) is 12.6 Å². The van der Waals surface area contributed by atoms with Crippen molar-refractivity contribution in [2.45, 2.75) is 19.6 Å². The number of carbonyl (C=O) groups excluding carboxylic acids is 1. The summed E-state index contributed by atoms with van der Waals surface area (Å²) in [5.41, 5.74) is 1.04. The van der Waals surface area contributed by atoms with E-state index in [0.29, 0.717) is 12.3 Å². The van der Waals surface area contributed by atoms with Gasteiger partial charge in [-0.05, 0) is 35.4 Å². The molecule has 3 aromatic carbocycles. The molecule has 0 aliphatic heterocycles. The first-order chi connectivity index (χ1) is 11.6. The zero-order valence-corrected chi connectivity index (χ0v) is 13.3. The van der Waals surface area contributed by atoms with E-state index in [4.69, 9.17) is 4.74 Å². The minimum atomic E-state index is -0.707. The second-order valence-corrected chi connectivity index (χ2v) is 5.57. The highest BCUT2D eigenvalue weighted by Crippen LogP contribution is 2.18. The summed E-state index contributed by atoms with van der Waals surface area (Å²) < 4.78 is 18.6. The average Bonchev–Trinajstić information content (AvgIpc) is 2.59. The van der Waals surface area contributed by atoms with E-state index in [0.717, 1.165) is 16.3 Å². The summed E-state index contributed by atoms with van der Waals surface area (Å²) in [5.74, 6) is -0.300. The molecule has 3 aromatic rings. The first-order valence-corrected chi connectivity index (χ1v) is 7.80. The zero-order valence-electron chi connectivity index (χ0n) is 13.3. The topological polar surface area (TPSA) is 38.3 Å². The van der Waals surface area contributed by atoms with Crippen LogP contribution < -0.4 is 10.1 Å². The van der Waals surface area contributed by atoms with Crippen LogP contribution in [0.4, 0.5) is 4.39 Å². The van der Waals surface area contributed by atoms with Gasteiger partial charge in [-0.3, -0.25) is 4.79 Å². The van der Waals surface area contributed by atoms with Gasteiger partial charge in [-0.15, -0.1) is 0 Å². The predicted molar refractivity (Wildman–Crippen MR) is 92.3 cm³/mol. The Morgan fingerprint density at radius 1 is 1.08 bits per heavy atom. The molecule has 0 heterocycles. The molecule has 1 amide bonds. The number of nitrogens with one attached hydrogen (secondary N) is 1. The Kier molecular flexibility index (Phi) is 4.75. The number of benzene rings is 3. The van der Waals surface area contributed by atoms with Gasteiger partial charge in [-0.2, -0.15) is 0 Å². The Bertz CT molecular complexity index is 858. The normalized spacial score (nSPS) is 11.9. The van der Waals surface area contributed by atoms with Gasteiger partial charge in [0.1, 0.15) is 11.6 Å². The van der Waals surface area contributed by atoms with Gasteiger partial charge in [0.2, 0.25) is 0 Å².